The first kappa shape index (κ1) is 31.3. The maximum absolute atomic E-state index is 11.7. The SMILES string of the molecule is [N-]=[N+]=NCCCC#CC[S+](CCC(N)OC=O)C[C@H]1O[C@@H](n2cnc3c(N4CCC[C@H]4C(=O)O)ncnc32)[C@@H](O)C1O. The average Bonchev–Trinajstić information content (AvgIpc) is 3.70. The summed E-state index contributed by atoms with van der Waals surface area (Å²) in [6.45, 7) is 1.18. The quantitative estimate of drug-likeness (QED) is 0.0327. The fourth-order valence-electron chi connectivity index (χ4n) is 5.00. The van der Waals surface area contributed by atoms with Gasteiger partial charge in [-0.15, -0.1) is 0 Å². The van der Waals surface area contributed by atoms with Crippen LogP contribution in [0.4, 0.5) is 5.82 Å². The molecule has 226 valence electrons. The third kappa shape index (κ3) is 7.40. The van der Waals surface area contributed by atoms with Crippen LogP contribution in [0, 0.1) is 11.8 Å². The molecular weight excluding hydrogens is 570 g/mol. The Bertz CT molecular complexity index is 1340. The maximum atomic E-state index is 11.7. The van der Waals surface area contributed by atoms with Crippen LogP contribution in [0.5, 0.6) is 0 Å². The normalized spacial score (nSPS) is 24.9. The van der Waals surface area contributed by atoms with E-state index in [9.17, 15) is 24.9 Å². The van der Waals surface area contributed by atoms with E-state index in [-0.39, 0.29) is 0 Å². The number of carboxylic acid groups (broad SMARTS) is 1. The number of carboxylic acids is 1. The topological polar surface area (TPSA) is 235 Å². The fourth-order valence-corrected chi connectivity index (χ4v) is 7.04. The summed E-state index contributed by atoms with van der Waals surface area (Å²) in [7, 11) is -0.426. The Balaban J connectivity index is 1.48. The number of aliphatic carboxylic acids is 1. The molecule has 2 aliphatic rings. The molecule has 0 bridgehead atoms. The Morgan fingerprint density at radius 3 is 2.95 bits per heavy atom. The van der Waals surface area contributed by atoms with Gasteiger partial charge in [-0.3, -0.25) is 15.1 Å². The predicted octanol–water partition coefficient (Wildman–Crippen LogP) is 0.0590. The summed E-state index contributed by atoms with van der Waals surface area (Å²) in [6.07, 6.45) is 0.530. The second-order valence-corrected chi connectivity index (χ2v) is 12.1. The van der Waals surface area contributed by atoms with E-state index in [1.165, 1.54) is 17.2 Å². The van der Waals surface area contributed by atoms with Crippen LogP contribution in [0.2, 0.25) is 0 Å². The van der Waals surface area contributed by atoms with E-state index in [4.69, 9.17) is 20.7 Å². The zero-order valence-corrected chi connectivity index (χ0v) is 23.6. The van der Waals surface area contributed by atoms with Crippen molar-refractivity contribution in [3.05, 3.63) is 23.1 Å². The lowest BCUT2D eigenvalue weighted by Gasteiger charge is -2.22. The van der Waals surface area contributed by atoms with Crippen LogP contribution in [0.3, 0.4) is 0 Å². The van der Waals surface area contributed by atoms with Crippen LogP contribution in [0.15, 0.2) is 17.8 Å². The van der Waals surface area contributed by atoms with Crippen molar-refractivity contribution in [2.45, 2.75) is 68.9 Å². The number of carbonyl (C=O) groups excluding carboxylic acids is 1. The molecule has 0 amide bonds. The van der Waals surface area contributed by atoms with Crippen molar-refractivity contribution in [3.8, 4) is 11.8 Å². The van der Waals surface area contributed by atoms with Crippen molar-refractivity contribution >= 4 is 40.3 Å². The standard InChI is InChI=1S/C25H33N9O7S/c26-18(40-15-35)7-11-42(10-4-2-1-3-8-31-32-27)12-17-20(36)21(37)24(41-17)34-14-30-19-22(28-13-29-23(19)34)33-9-5-6-16(33)25(38)39/h13-18,20-21,24,36-37H,1,3,5-12,26H2/p+1/t16-,17+,18?,20?,21-,24+,42?/m0/s1. The Morgan fingerprint density at radius 1 is 1.36 bits per heavy atom. The molecular formula is C25H34N9O7S+. The highest BCUT2D eigenvalue weighted by Crippen LogP contribution is 2.35. The number of nitrogens with two attached hydrogens (primary N) is 1. The molecule has 4 rings (SSSR count). The molecule has 0 aliphatic carbocycles. The van der Waals surface area contributed by atoms with E-state index in [0.717, 1.165) is 0 Å². The zero-order valence-electron chi connectivity index (χ0n) is 22.8. The van der Waals surface area contributed by atoms with Gasteiger partial charge < -0.3 is 29.7 Å². The number of aromatic nitrogens is 4. The van der Waals surface area contributed by atoms with Gasteiger partial charge in [-0.1, -0.05) is 11.0 Å². The minimum atomic E-state index is -1.29. The summed E-state index contributed by atoms with van der Waals surface area (Å²) >= 11 is 0. The van der Waals surface area contributed by atoms with Gasteiger partial charge in [0.05, 0.1) is 6.33 Å². The second kappa shape index (κ2) is 15.0. The van der Waals surface area contributed by atoms with E-state index in [1.54, 1.807) is 4.90 Å². The number of azide groups is 1. The number of ether oxygens (including phenoxy) is 2. The van der Waals surface area contributed by atoms with E-state index >= 15 is 0 Å². The average molecular weight is 605 g/mol. The number of nitrogens with zero attached hydrogens (tertiary/aromatic N) is 8. The zero-order chi connectivity index (χ0) is 30.1. The Labute approximate surface area is 244 Å². The third-order valence-electron chi connectivity index (χ3n) is 7.11. The lowest BCUT2D eigenvalue weighted by molar-refractivity contribution is -0.138. The Hall–Kier alpha value is -3.65. The van der Waals surface area contributed by atoms with Crippen molar-refractivity contribution < 1.29 is 34.4 Å². The number of unbranched alkanes of at least 4 members (excludes halogenated alkanes) is 1. The lowest BCUT2D eigenvalue weighted by Crippen LogP contribution is -2.37. The van der Waals surface area contributed by atoms with Crippen LogP contribution in [0.25, 0.3) is 21.6 Å². The molecule has 0 aromatic carbocycles. The highest BCUT2D eigenvalue weighted by molar-refractivity contribution is 7.97. The molecule has 2 aromatic rings. The lowest BCUT2D eigenvalue weighted by atomic mass is 10.1. The van der Waals surface area contributed by atoms with Crippen LogP contribution in [-0.2, 0) is 30.0 Å². The molecule has 2 saturated heterocycles. The number of carbonyl (C=O) groups is 2. The first-order valence-corrected chi connectivity index (χ1v) is 15.2. The van der Waals surface area contributed by atoms with E-state index in [2.05, 4.69) is 36.8 Å². The Kier molecular flexibility index (Phi) is 11.2. The van der Waals surface area contributed by atoms with Gasteiger partial charge in [0.1, 0.15) is 42.2 Å². The molecule has 0 radical (unpaired) electrons. The van der Waals surface area contributed by atoms with Gasteiger partial charge in [0.15, 0.2) is 35.2 Å². The van der Waals surface area contributed by atoms with Crippen molar-refractivity contribution in [1.82, 2.24) is 19.5 Å². The van der Waals surface area contributed by atoms with Gasteiger partial charge in [0.2, 0.25) is 0 Å². The summed E-state index contributed by atoms with van der Waals surface area (Å²) in [6, 6.07) is -0.718. The number of rotatable bonds is 14. The predicted molar refractivity (Wildman–Crippen MR) is 152 cm³/mol. The molecule has 5 N–H and O–H groups in total. The van der Waals surface area contributed by atoms with Gasteiger partial charge in [0.25, 0.3) is 6.47 Å². The maximum Gasteiger partial charge on any atom is 0.326 e. The third-order valence-corrected chi connectivity index (χ3v) is 9.27. The van der Waals surface area contributed by atoms with E-state index < -0.39 is 53.7 Å². The highest BCUT2D eigenvalue weighted by Gasteiger charge is 2.47. The van der Waals surface area contributed by atoms with Crippen molar-refractivity contribution in [2.75, 3.05) is 35.2 Å². The molecule has 2 aromatic heterocycles. The highest BCUT2D eigenvalue weighted by atomic mass is 32.2. The number of hydrogen-bond donors (Lipinski definition) is 4. The molecule has 0 spiro atoms. The largest absolute Gasteiger partial charge is 0.480 e. The van der Waals surface area contributed by atoms with Gasteiger partial charge in [0, 0.05) is 41.7 Å². The van der Waals surface area contributed by atoms with Gasteiger partial charge >= 0.3 is 5.97 Å². The number of aliphatic hydroxyl groups excluding tert-OH is 2. The summed E-state index contributed by atoms with van der Waals surface area (Å²) in [5, 5.41) is 35.0. The molecule has 17 heteroatoms. The fraction of sp³-hybridized carbons (Fsp3) is 0.640. The van der Waals surface area contributed by atoms with Crippen LogP contribution >= 0.6 is 0 Å². The van der Waals surface area contributed by atoms with E-state index in [1.807, 2.05) is 0 Å². The second-order valence-electron chi connectivity index (χ2n) is 9.86. The molecule has 42 heavy (non-hydrogen) atoms. The summed E-state index contributed by atoms with van der Waals surface area (Å²) in [5.74, 6) is 7.04. The van der Waals surface area contributed by atoms with Gasteiger partial charge in [-0.05, 0) is 30.7 Å². The monoisotopic (exact) mass is 604 g/mol. The number of anilines is 1. The molecule has 2 fully saturated rings. The summed E-state index contributed by atoms with van der Waals surface area (Å²) in [5.41, 5.74) is 14.9. The van der Waals surface area contributed by atoms with Crippen LogP contribution < -0.4 is 10.6 Å². The summed E-state index contributed by atoms with van der Waals surface area (Å²) in [4.78, 5) is 39.8. The molecule has 0 saturated carbocycles. The number of hydrogen-bond acceptors (Lipinski definition) is 12. The van der Waals surface area contributed by atoms with E-state index in [0.29, 0.717) is 85.9 Å². The number of fused-ring (bicyclic) bond motifs is 1. The Morgan fingerprint density at radius 2 is 2.19 bits per heavy atom. The molecule has 2 aliphatic heterocycles. The summed E-state index contributed by atoms with van der Waals surface area (Å²) < 4.78 is 12.5. The molecule has 7 atom stereocenters. The number of imidazole rings is 1. The molecule has 4 heterocycles. The van der Waals surface area contributed by atoms with Crippen LogP contribution in [0.1, 0.15) is 38.3 Å². The van der Waals surface area contributed by atoms with Gasteiger partial charge in [-0.2, -0.15) is 0 Å². The minimum Gasteiger partial charge on any atom is -0.480 e. The molecule has 3 unspecified atom stereocenters. The van der Waals surface area contributed by atoms with Crippen molar-refractivity contribution in [3.63, 3.8) is 0 Å². The van der Waals surface area contributed by atoms with Crippen LogP contribution in [-0.4, -0.2) is 108 Å². The first-order chi connectivity index (χ1) is 20.3. The smallest absolute Gasteiger partial charge is 0.326 e. The van der Waals surface area contributed by atoms with Crippen molar-refractivity contribution in [2.24, 2.45) is 10.8 Å². The first-order valence-electron chi connectivity index (χ1n) is 13.5. The number of aliphatic hydroxyl groups is 2. The van der Waals surface area contributed by atoms with Crippen molar-refractivity contribution in [1.29, 1.82) is 0 Å². The van der Waals surface area contributed by atoms with Gasteiger partial charge in [-0.25, -0.2) is 19.7 Å². The molecule has 16 nitrogen and oxygen atoms in total. The minimum absolute atomic E-state index is 0.299.